The van der Waals surface area contributed by atoms with Crippen molar-refractivity contribution in [1.82, 2.24) is 19.5 Å². The summed E-state index contributed by atoms with van der Waals surface area (Å²) in [6.45, 7) is 5.56. The molecule has 0 bridgehead atoms. The predicted octanol–water partition coefficient (Wildman–Crippen LogP) is 1.64. The van der Waals surface area contributed by atoms with E-state index in [1.165, 1.54) is 0 Å². The third-order valence-corrected chi connectivity index (χ3v) is 4.39. The highest BCUT2D eigenvalue weighted by atomic mass is 16.4. The van der Waals surface area contributed by atoms with Crippen molar-refractivity contribution in [1.29, 1.82) is 0 Å². The highest BCUT2D eigenvalue weighted by Crippen LogP contribution is 2.18. The standard InChI is InChI=1S/C16H23N5O2/c1-12-11-14-15(18-6-10-21(14)19-12)17-5-2-7-20-8-3-13(4-9-20)16(22)23/h6,10-11,13H,2-5,7-9H2,1H3,(H,17,18)(H,22,23). The average Bonchev–Trinajstić information content (AvgIpc) is 2.93. The molecule has 0 radical (unpaired) electrons. The van der Waals surface area contributed by atoms with E-state index in [1.54, 1.807) is 6.20 Å². The van der Waals surface area contributed by atoms with Crippen LogP contribution in [0.3, 0.4) is 0 Å². The molecule has 0 aromatic carbocycles. The highest BCUT2D eigenvalue weighted by Gasteiger charge is 2.23. The first kappa shape index (κ1) is 15.7. The SMILES string of the molecule is Cc1cc2c(NCCCN3CCC(C(=O)O)CC3)nccn2n1. The van der Waals surface area contributed by atoms with Crippen molar-refractivity contribution in [2.45, 2.75) is 26.2 Å². The fraction of sp³-hybridized carbons (Fsp3) is 0.562. The lowest BCUT2D eigenvalue weighted by atomic mass is 9.97. The number of fused-ring (bicyclic) bond motifs is 1. The lowest BCUT2D eigenvalue weighted by Crippen LogP contribution is -2.37. The number of carboxylic acids is 1. The number of carboxylic acid groups (broad SMARTS) is 1. The monoisotopic (exact) mass is 317 g/mol. The Morgan fingerprint density at radius 2 is 2.22 bits per heavy atom. The zero-order valence-electron chi connectivity index (χ0n) is 13.4. The van der Waals surface area contributed by atoms with Gasteiger partial charge in [0, 0.05) is 18.9 Å². The van der Waals surface area contributed by atoms with E-state index < -0.39 is 5.97 Å². The minimum atomic E-state index is -0.651. The summed E-state index contributed by atoms with van der Waals surface area (Å²) in [4.78, 5) is 17.7. The van der Waals surface area contributed by atoms with Gasteiger partial charge in [-0.1, -0.05) is 0 Å². The van der Waals surface area contributed by atoms with Crippen LogP contribution in [0.25, 0.3) is 5.52 Å². The number of rotatable bonds is 6. The molecule has 7 nitrogen and oxygen atoms in total. The topological polar surface area (TPSA) is 82.8 Å². The molecule has 1 aliphatic heterocycles. The molecule has 0 unspecified atom stereocenters. The Kier molecular flexibility index (Phi) is 4.76. The molecule has 0 amide bonds. The van der Waals surface area contributed by atoms with Crippen LogP contribution in [0.5, 0.6) is 0 Å². The van der Waals surface area contributed by atoms with Crippen molar-refractivity contribution in [2.24, 2.45) is 5.92 Å². The van der Waals surface area contributed by atoms with Crippen LogP contribution < -0.4 is 5.32 Å². The van der Waals surface area contributed by atoms with E-state index in [2.05, 4.69) is 20.3 Å². The Labute approximate surface area is 135 Å². The Bertz CT molecular complexity index is 676. The van der Waals surface area contributed by atoms with Crippen molar-refractivity contribution >= 4 is 17.3 Å². The molecule has 0 aliphatic carbocycles. The van der Waals surface area contributed by atoms with Gasteiger partial charge in [0.15, 0.2) is 5.82 Å². The average molecular weight is 317 g/mol. The summed E-state index contributed by atoms with van der Waals surface area (Å²) in [5.41, 5.74) is 1.97. The summed E-state index contributed by atoms with van der Waals surface area (Å²) in [5.74, 6) is 0.0514. The number of aromatic nitrogens is 3. The summed E-state index contributed by atoms with van der Waals surface area (Å²) < 4.78 is 1.83. The Balaban J connectivity index is 1.44. The van der Waals surface area contributed by atoms with Crippen LogP contribution in [0.2, 0.25) is 0 Å². The van der Waals surface area contributed by atoms with Crippen LogP contribution in [0.1, 0.15) is 25.0 Å². The number of nitrogens with one attached hydrogen (secondary N) is 1. The summed E-state index contributed by atoms with van der Waals surface area (Å²) in [7, 11) is 0. The number of aliphatic carboxylic acids is 1. The molecule has 0 saturated carbocycles. The number of carbonyl (C=O) groups is 1. The summed E-state index contributed by atoms with van der Waals surface area (Å²) in [6, 6.07) is 2.02. The second-order valence-corrected chi connectivity index (χ2v) is 6.13. The molecule has 7 heteroatoms. The van der Waals surface area contributed by atoms with Gasteiger partial charge in [0.2, 0.25) is 0 Å². The maximum Gasteiger partial charge on any atom is 0.306 e. The first-order valence-electron chi connectivity index (χ1n) is 8.13. The molecular weight excluding hydrogens is 294 g/mol. The van der Waals surface area contributed by atoms with Gasteiger partial charge in [-0.15, -0.1) is 0 Å². The fourth-order valence-electron chi connectivity index (χ4n) is 3.09. The fourth-order valence-corrected chi connectivity index (χ4v) is 3.09. The van der Waals surface area contributed by atoms with E-state index in [9.17, 15) is 4.79 Å². The maximum atomic E-state index is 10.9. The van der Waals surface area contributed by atoms with Gasteiger partial charge >= 0.3 is 5.97 Å². The molecular formula is C16H23N5O2. The second kappa shape index (κ2) is 6.95. The number of anilines is 1. The van der Waals surface area contributed by atoms with E-state index in [0.717, 1.165) is 62.5 Å². The molecule has 2 N–H and O–H groups in total. The van der Waals surface area contributed by atoms with E-state index >= 15 is 0 Å². The van der Waals surface area contributed by atoms with Crippen molar-refractivity contribution in [3.05, 3.63) is 24.2 Å². The summed E-state index contributed by atoms with van der Waals surface area (Å²) in [6.07, 6.45) is 6.13. The molecule has 1 aliphatic rings. The van der Waals surface area contributed by atoms with Crippen LogP contribution in [-0.2, 0) is 4.79 Å². The quantitative estimate of drug-likeness (QED) is 0.788. The van der Waals surface area contributed by atoms with Crippen molar-refractivity contribution < 1.29 is 9.90 Å². The molecule has 2 aromatic heterocycles. The van der Waals surface area contributed by atoms with Gasteiger partial charge in [-0.25, -0.2) is 9.50 Å². The zero-order valence-corrected chi connectivity index (χ0v) is 13.4. The minimum absolute atomic E-state index is 0.156. The third kappa shape index (κ3) is 3.79. The lowest BCUT2D eigenvalue weighted by Gasteiger charge is -2.29. The number of piperidine rings is 1. The van der Waals surface area contributed by atoms with Gasteiger partial charge in [0.1, 0.15) is 5.52 Å². The van der Waals surface area contributed by atoms with Crippen LogP contribution in [0.15, 0.2) is 18.5 Å². The lowest BCUT2D eigenvalue weighted by molar-refractivity contribution is -0.143. The highest BCUT2D eigenvalue weighted by molar-refractivity contribution is 5.70. The van der Waals surface area contributed by atoms with Crippen LogP contribution in [0, 0.1) is 12.8 Å². The van der Waals surface area contributed by atoms with E-state index in [-0.39, 0.29) is 5.92 Å². The van der Waals surface area contributed by atoms with Crippen molar-refractivity contribution in [3.8, 4) is 0 Å². The van der Waals surface area contributed by atoms with Gasteiger partial charge in [-0.05, 0) is 51.9 Å². The van der Waals surface area contributed by atoms with Crippen LogP contribution in [0.4, 0.5) is 5.82 Å². The molecule has 3 rings (SSSR count). The normalized spacial score (nSPS) is 16.7. The van der Waals surface area contributed by atoms with Gasteiger partial charge < -0.3 is 15.3 Å². The van der Waals surface area contributed by atoms with Gasteiger partial charge in [0.25, 0.3) is 0 Å². The summed E-state index contributed by atoms with van der Waals surface area (Å²) >= 11 is 0. The first-order valence-corrected chi connectivity index (χ1v) is 8.13. The van der Waals surface area contributed by atoms with E-state index in [4.69, 9.17) is 5.11 Å². The Morgan fingerprint density at radius 1 is 1.43 bits per heavy atom. The molecule has 1 fully saturated rings. The van der Waals surface area contributed by atoms with Gasteiger partial charge in [-0.2, -0.15) is 5.10 Å². The largest absolute Gasteiger partial charge is 0.481 e. The molecule has 124 valence electrons. The Morgan fingerprint density at radius 3 is 2.96 bits per heavy atom. The molecule has 1 saturated heterocycles. The smallest absolute Gasteiger partial charge is 0.306 e. The van der Waals surface area contributed by atoms with E-state index in [1.807, 2.05) is 23.7 Å². The number of aryl methyl sites for hydroxylation is 1. The van der Waals surface area contributed by atoms with E-state index in [0.29, 0.717) is 0 Å². The number of nitrogens with zero attached hydrogens (tertiary/aromatic N) is 4. The molecule has 2 aromatic rings. The zero-order chi connectivity index (χ0) is 16.2. The van der Waals surface area contributed by atoms with Crippen LogP contribution in [-0.4, -0.2) is 56.8 Å². The van der Waals surface area contributed by atoms with Crippen LogP contribution >= 0.6 is 0 Å². The predicted molar refractivity (Wildman–Crippen MR) is 87.6 cm³/mol. The Hall–Kier alpha value is -2.15. The van der Waals surface area contributed by atoms with Gasteiger partial charge in [0.05, 0.1) is 11.6 Å². The minimum Gasteiger partial charge on any atom is -0.481 e. The summed E-state index contributed by atoms with van der Waals surface area (Å²) in [5, 5.41) is 16.8. The molecule has 23 heavy (non-hydrogen) atoms. The third-order valence-electron chi connectivity index (χ3n) is 4.39. The molecule has 0 spiro atoms. The maximum absolute atomic E-state index is 10.9. The van der Waals surface area contributed by atoms with Gasteiger partial charge in [-0.3, -0.25) is 4.79 Å². The number of likely N-dealkylation sites (tertiary alicyclic amines) is 1. The second-order valence-electron chi connectivity index (χ2n) is 6.13. The molecule has 3 heterocycles. The first-order chi connectivity index (χ1) is 11.1. The number of hydrogen-bond acceptors (Lipinski definition) is 5. The number of hydrogen-bond donors (Lipinski definition) is 2. The van der Waals surface area contributed by atoms with Crippen molar-refractivity contribution in [2.75, 3.05) is 31.5 Å². The molecule has 0 atom stereocenters. The van der Waals surface area contributed by atoms with Crippen molar-refractivity contribution in [3.63, 3.8) is 0 Å².